The van der Waals surface area contributed by atoms with Crippen molar-refractivity contribution in [3.05, 3.63) is 71.8 Å². The molecule has 0 aromatic heterocycles. The molecule has 2 aromatic carbocycles. The van der Waals surface area contributed by atoms with Gasteiger partial charge >= 0.3 is 0 Å². The van der Waals surface area contributed by atoms with Gasteiger partial charge in [-0.3, -0.25) is 0 Å². The fourth-order valence-electron chi connectivity index (χ4n) is 2.38. The third-order valence-corrected chi connectivity index (χ3v) is 3.54. The summed E-state index contributed by atoms with van der Waals surface area (Å²) in [6.07, 6.45) is 2.30. The minimum Gasteiger partial charge on any atom is -0.308 e. The first kappa shape index (κ1) is 13.8. The molecule has 2 unspecified atom stereocenters. The van der Waals surface area contributed by atoms with E-state index in [4.69, 9.17) is 0 Å². The predicted molar refractivity (Wildman–Crippen MR) is 82.2 cm³/mol. The third kappa shape index (κ3) is 4.53. The van der Waals surface area contributed by atoms with Crippen LogP contribution in [-0.2, 0) is 6.42 Å². The molecule has 1 N–H and O–H groups in total. The van der Waals surface area contributed by atoms with E-state index >= 15 is 0 Å². The van der Waals surface area contributed by atoms with E-state index in [1.54, 1.807) is 0 Å². The quantitative estimate of drug-likeness (QED) is 0.806. The van der Waals surface area contributed by atoms with Crippen molar-refractivity contribution in [2.75, 3.05) is 0 Å². The van der Waals surface area contributed by atoms with Crippen LogP contribution in [0.25, 0.3) is 0 Å². The van der Waals surface area contributed by atoms with Crippen LogP contribution in [0.2, 0.25) is 0 Å². The second kappa shape index (κ2) is 7.10. The van der Waals surface area contributed by atoms with Crippen LogP contribution in [0, 0.1) is 0 Å². The molecule has 100 valence electrons. The van der Waals surface area contributed by atoms with Gasteiger partial charge in [0.2, 0.25) is 0 Å². The van der Waals surface area contributed by atoms with E-state index in [0.29, 0.717) is 12.1 Å². The Morgan fingerprint density at radius 2 is 1.42 bits per heavy atom. The smallest absolute Gasteiger partial charge is 0.0294 e. The average Bonchev–Trinajstić information content (AvgIpc) is 2.47. The van der Waals surface area contributed by atoms with Crippen molar-refractivity contribution in [1.29, 1.82) is 0 Å². The number of aryl methyl sites for hydroxylation is 1. The Morgan fingerprint density at radius 3 is 2.05 bits per heavy atom. The summed E-state index contributed by atoms with van der Waals surface area (Å²) in [5, 5.41) is 3.67. The highest BCUT2D eigenvalue weighted by Gasteiger charge is 2.08. The van der Waals surface area contributed by atoms with Gasteiger partial charge in [0.15, 0.2) is 0 Å². The molecule has 0 aliphatic carbocycles. The highest BCUT2D eigenvalue weighted by Crippen LogP contribution is 2.13. The SMILES string of the molecule is CC(CCc1ccccc1)NC(C)c1ccccc1. The average molecular weight is 253 g/mol. The van der Waals surface area contributed by atoms with Crippen LogP contribution in [0.1, 0.15) is 37.4 Å². The molecule has 0 bridgehead atoms. The van der Waals surface area contributed by atoms with Crippen LogP contribution < -0.4 is 5.32 Å². The molecular weight excluding hydrogens is 230 g/mol. The molecular formula is C18H23N. The highest BCUT2D eigenvalue weighted by atomic mass is 14.9. The molecule has 0 fully saturated rings. The van der Waals surface area contributed by atoms with Crippen molar-refractivity contribution in [2.24, 2.45) is 0 Å². The third-order valence-electron chi connectivity index (χ3n) is 3.54. The molecule has 0 amide bonds. The predicted octanol–water partition coefficient (Wildman–Crippen LogP) is 4.36. The second-order valence-corrected chi connectivity index (χ2v) is 5.22. The Balaban J connectivity index is 1.80. The number of rotatable bonds is 6. The number of nitrogens with one attached hydrogen (secondary N) is 1. The second-order valence-electron chi connectivity index (χ2n) is 5.22. The fourth-order valence-corrected chi connectivity index (χ4v) is 2.38. The minimum absolute atomic E-state index is 0.409. The zero-order valence-corrected chi connectivity index (χ0v) is 11.8. The largest absolute Gasteiger partial charge is 0.308 e. The Bertz CT molecular complexity index is 464. The lowest BCUT2D eigenvalue weighted by atomic mass is 10.0. The van der Waals surface area contributed by atoms with Crippen LogP contribution in [0.4, 0.5) is 0 Å². The maximum atomic E-state index is 3.67. The lowest BCUT2D eigenvalue weighted by molar-refractivity contribution is 0.456. The van der Waals surface area contributed by atoms with Crippen molar-refractivity contribution in [3.63, 3.8) is 0 Å². The first-order valence-corrected chi connectivity index (χ1v) is 7.10. The van der Waals surface area contributed by atoms with Crippen LogP contribution >= 0.6 is 0 Å². The molecule has 0 spiro atoms. The van der Waals surface area contributed by atoms with E-state index in [0.717, 1.165) is 6.42 Å². The van der Waals surface area contributed by atoms with Gasteiger partial charge in [0.1, 0.15) is 0 Å². The van der Waals surface area contributed by atoms with Gasteiger partial charge in [-0.05, 0) is 37.8 Å². The summed E-state index contributed by atoms with van der Waals surface area (Å²) in [4.78, 5) is 0. The minimum atomic E-state index is 0.409. The molecule has 2 atom stereocenters. The molecule has 0 aliphatic rings. The van der Waals surface area contributed by atoms with Crippen LogP contribution in [0.15, 0.2) is 60.7 Å². The van der Waals surface area contributed by atoms with Crippen molar-refractivity contribution < 1.29 is 0 Å². The Morgan fingerprint density at radius 1 is 0.842 bits per heavy atom. The summed E-state index contributed by atoms with van der Waals surface area (Å²) in [7, 11) is 0. The molecule has 0 radical (unpaired) electrons. The van der Waals surface area contributed by atoms with Gasteiger partial charge in [0.25, 0.3) is 0 Å². The van der Waals surface area contributed by atoms with Gasteiger partial charge in [0, 0.05) is 12.1 Å². The lowest BCUT2D eigenvalue weighted by Crippen LogP contribution is -2.29. The summed E-state index contributed by atoms with van der Waals surface area (Å²) in [6.45, 7) is 4.50. The summed E-state index contributed by atoms with van der Waals surface area (Å²) in [5.41, 5.74) is 2.78. The molecule has 2 rings (SSSR count). The zero-order valence-electron chi connectivity index (χ0n) is 11.8. The lowest BCUT2D eigenvalue weighted by Gasteiger charge is -2.20. The van der Waals surface area contributed by atoms with Crippen LogP contribution in [-0.4, -0.2) is 6.04 Å². The van der Waals surface area contributed by atoms with E-state index in [2.05, 4.69) is 79.8 Å². The molecule has 0 aliphatic heterocycles. The number of hydrogen-bond donors (Lipinski definition) is 1. The van der Waals surface area contributed by atoms with Gasteiger partial charge in [-0.1, -0.05) is 60.7 Å². The normalized spacial score (nSPS) is 14.0. The molecule has 19 heavy (non-hydrogen) atoms. The topological polar surface area (TPSA) is 12.0 Å². The molecule has 0 heterocycles. The maximum absolute atomic E-state index is 3.67. The van der Waals surface area contributed by atoms with Gasteiger partial charge in [-0.15, -0.1) is 0 Å². The summed E-state index contributed by atoms with van der Waals surface area (Å²) in [5.74, 6) is 0. The van der Waals surface area contributed by atoms with Gasteiger partial charge in [-0.25, -0.2) is 0 Å². The van der Waals surface area contributed by atoms with E-state index in [-0.39, 0.29) is 0 Å². The molecule has 1 heteroatoms. The number of benzene rings is 2. The van der Waals surface area contributed by atoms with Gasteiger partial charge in [0.05, 0.1) is 0 Å². The van der Waals surface area contributed by atoms with Crippen molar-refractivity contribution >= 4 is 0 Å². The monoisotopic (exact) mass is 253 g/mol. The van der Waals surface area contributed by atoms with E-state index in [9.17, 15) is 0 Å². The van der Waals surface area contributed by atoms with Gasteiger partial charge < -0.3 is 5.32 Å². The summed E-state index contributed by atoms with van der Waals surface area (Å²) >= 11 is 0. The standard InChI is InChI=1S/C18H23N/c1-15(13-14-17-9-5-3-6-10-17)19-16(2)18-11-7-4-8-12-18/h3-12,15-16,19H,13-14H2,1-2H3. The fraction of sp³-hybridized carbons (Fsp3) is 0.333. The Kier molecular flexibility index (Phi) is 5.17. The Labute approximate surface area is 116 Å². The molecule has 2 aromatic rings. The Hall–Kier alpha value is -1.60. The molecule has 0 saturated heterocycles. The molecule has 1 nitrogen and oxygen atoms in total. The van der Waals surface area contributed by atoms with Crippen LogP contribution in [0.5, 0.6) is 0 Å². The maximum Gasteiger partial charge on any atom is 0.0294 e. The summed E-state index contributed by atoms with van der Waals surface area (Å²) in [6, 6.07) is 22.3. The van der Waals surface area contributed by atoms with Crippen molar-refractivity contribution in [1.82, 2.24) is 5.32 Å². The van der Waals surface area contributed by atoms with Gasteiger partial charge in [-0.2, -0.15) is 0 Å². The first-order chi connectivity index (χ1) is 9.25. The van der Waals surface area contributed by atoms with E-state index in [1.165, 1.54) is 17.5 Å². The molecule has 0 saturated carbocycles. The highest BCUT2D eigenvalue weighted by molar-refractivity contribution is 5.18. The van der Waals surface area contributed by atoms with Crippen molar-refractivity contribution in [3.8, 4) is 0 Å². The zero-order chi connectivity index (χ0) is 13.5. The number of hydrogen-bond acceptors (Lipinski definition) is 1. The van der Waals surface area contributed by atoms with Crippen molar-refractivity contribution in [2.45, 2.75) is 38.8 Å². The van der Waals surface area contributed by atoms with E-state index in [1.807, 2.05) is 0 Å². The van der Waals surface area contributed by atoms with Crippen LogP contribution in [0.3, 0.4) is 0 Å². The first-order valence-electron chi connectivity index (χ1n) is 7.10. The summed E-state index contributed by atoms with van der Waals surface area (Å²) < 4.78 is 0. The van der Waals surface area contributed by atoms with E-state index < -0.39 is 0 Å².